The van der Waals surface area contributed by atoms with E-state index in [9.17, 15) is 0 Å². The summed E-state index contributed by atoms with van der Waals surface area (Å²) in [6, 6.07) is 7.67. The highest BCUT2D eigenvalue weighted by Crippen LogP contribution is 2.15. The van der Waals surface area contributed by atoms with Crippen molar-refractivity contribution in [3.05, 3.63) is 24.3 Å². The van der Waals surface area contributed by atoms with E-state index in [0.717, 1.165) is 32.5 Å². The van der Waals surface area contributed by atoms with Gasteiger partial charge in [0.2, 0.25) is 21.0 Å². The molecule has 0 aliphatic heterocycles. The van der Waals surface area contributed by atoms with Crippen molar-refractivity contribution in [3.8, 4) is 11.5 Å². The largest absolute Gasteiger partial charge is 0.553 e. The fourth-order valence-electron chi connectivity index (χ4n) is 0.712. The van der Waals surface area contributed by atoms with Gasteiger partial charge < -0.3 is 8.85 Å². The highest BCUT2D eigenvalue weighted by molar-refractivity contribution is 6.00. The van der Waals surface area contributed by atoms with Crippen molar-refractivity contribution in [2.45, 2.75) is 0 Å². The predicted molar refractivity (Wildman–Crippen MR) is 47.6 cm³/mol. The zero-order valence-corrected chi connectivity index (χ0v) is 10.1. The van der Waals surface area contributed by atoms with Crippen LogP contribution in [0.1, 0.15) is 0 Å². The van der Waals surface area contributed by atoms with E-state index < -0.39 is 0 Å². The van der Waals surface area contributed by atoms with Crippen molar-refractivity contribution in [3.63, 3.8) is 0 Å². The van der Waals surface area contributed by atoms with Gasteiger partial charge in [-0.05, 0) is 24.3 Å². The van der Waals surface area contributed by atoms with Crippen molar-refractivity contribution in [2.75, 3.05) is 0 Å². The highest BCUT2D eigenvalue weighted by atomic mass is 28.2. The van der Waals surface area contributed by atoms with Crippen LogP contribution in [0.4, 0.5) is 0 Å². The summed E-state index contributed by atoms with van der Waals surface area (Å²) in [7, 11) is 1.49. The Hall–Kier alpha value is -0.746. The molecule has 1 aromatic carbocycles. The van der Waals surface area contributed by atoms with Gasteiger partial charge in [0, 0.05) is 0 Å². The zero-order valence-electron chi connectivity index (χ0n) is 6.13. The van der Waals surface area contributed by atoms with Gasteiger partial charge in [0.1, 0.15) is 11.5 Å². The lowest BCUT2D eigenvalue weighted by Gasteiger charge is -2.01. The molecule has 0 bridgehead atoms. The van der Waals surface area contributed by atoms with Gasteiger partial charge in [-0.2, -0.15) is 0 Å². The molecular weight excluding hydrogens is 160 g/mol. The lowest BCUT2D eigenvalue weighted by atomic mass is 10.3. The van der Waals surface area contributed by atoms with Gasteiger partial charge in [0.15, 0.2) is 0 Å². The van der Waals surface area contributed by atoms with Crippen molar-refractivity contribution in [1.29, 1.82) is 0 Å². The third-order valence-corrected chi connectivity index (χ3v) is 2.24. The van der Waals surface area contributed by atoms with Crippen molar-refractivity contribution in [2.24, 2.45) is 0 Å². The number of benzene rings is 1. The van der Waals surface area contributed by atoms with E-state index in [-0.39, 0.29) is 0 Å². The fraction of sp³-hybridized carbons (Fsp3) is 0. The number of hydrogen-bond acceptors (Lipinski definition) is 2. The second-order valence-electron chi connectivity index (χ2n) is 1.88. The van der Waals surface area contributed by atoms with Gasteiger partial charge in [0.25, 0.3) is 0 Å². The molecule has 0 amide bonds. The van der Waals surface area contributed by atoms with Crippen LogP contribution in [-0.4, -0.2) is 21.0 Å². The Morgan fingerprint density at radius 3 is 1.30 bits per heavy atom. The SMILES string of the molecule is [SiH3]Oc1ccc(O[SiH3])cc1. The first-order valence-corrected chi connectivity index (χ1v) is 4.68. The molecule has 0 radical (unpaired) electrons. The Bertz CT molecular complexity index is 174. The van der Waals surface area contributed by atoms with Crippen LogP contribution in [0.15, 0.2) is 24.3 Å². The van der Waals surface area contributed by atoms with E-state index >= 15 is 0 Å². The molecule has 0 unspecified atom stereocenters. The Kier molecular flexibility index (Phi) is 2.52. The van der Waals surface area contributed by atoms with Crippen LogP contribution in [0.2, 0.25) is 0 Å². The smallest absolute Gasteiger partial charge is 0.204 e. The Morgan fingerprint density at radius 1 is 0.800 bits per heavy atom. The van der Waals surface area contributed by atoms with Gasteiger partial charge in [-0.15, -0.1) is 0 Å². The fourth-order valence-corrected chi connectivity index (χ4v) is 1.26. The second-order valence-corrected chi connectivity index (χ2v) is 2.70. The molecule has 0 N–H and O–H groups in total. The van der Waals surface area contributed by atoms with Crippen LogP contribution in [0.3, 0.4) is 0 Å². The molecule has 2 nitrogen and oxygen atoms in total. The van der Waals surface area contributed by atoms with Crippen LogP contribution in [0.25, 0.3) is 0 Å². The Labute approximate surface area is 66.2 Å². The topological polar surface area (TPSA) is 18.5 Å². The number of hydrogen-bond donors (Lipinski definition) is 0. The average Bonchev–Trinajstić information content (AvgIpc) is 2.05. The Balaban J connectivity index is 2.80. The predicted octanol–water partition coefficient (Wildman–Crippen LogP) is -0.995. The quantitative estimate of drug-likeness (QED) is 0.530. The monoisotopic (exact) mass is 170 g/mol. The summed E-state index contributed by atoms with van der Waals surface area (Å²) in [5.74, 6) is 1.85. The third kappa shape index (κ3) is 1.61. The molecular formula is C6H10O2Si2. The van der Waals surface area contributed by atoms with E-state index in [1.54, 1.807) is 0 Å². The summed E-state index contributed by atoms with van der Waals surface area (Å²) in [5.41, 5.74) is 0. The Morgan fingerprint density at radius 2 is 1.10 bits per heavy atom. The van der Waals surface area contributed by atoms with Crippen LogP contribution >= 0.6 is 0 Å². The molecule has 0 fully saturated rings. The van der Waals surface area contributed by atoms with Crippen LogP contribution < -0.4 is 8.85 Å². The molecule has 0 saturated carbocycles. The summed E-state index contributed by atoms with van der Waals surface area (Å²) < 4.78 is 10.2. The molecule has 0 aromatic heterocycles. The summed E-state index contributed by atoms with van der Waals surface area (Å²) in [6.45, 7) is 0. The molecule has 0 heterocycles. The maximum absolute atomic E-state index is 5.11. The maximum atomic E-state index is 5.11. The molecule has 1 aromatic rings. The summed E-state index contributed by atoms with van der Waals surface area (Å²) in [4.78, 5) is 0. The van der Waals surface area contributed by atoms with E-state index in [2.05, 4.69) is 0 Å². The first-order chi connectivity index (χ1) is 4.86. The van der Waals surface area contributed by atoms with E-state index in [1.165, 1.54) is 0 Å². The molecule has 10 heavy (non-hydrogen) atoms. The minimum Gasteiger partial charge on any atom is -0.553 e. The molecule has 1 rings (SSSR count). The third-order valence-electron chi connectivity index (χ3n) is 1.30. The molecule has 0 atom stereocenters. The normalized spacial score (nSPS) is 9.60. The van der Waals surface area contributed by atoms with Crippen molar-refractivity contribution in [1.82, 2.24) is 0 Å². The molecule has 0 aliphatic rings. The average molecular weight is 170 g/mol. The van der Waals surface area contributed by atoms with Crippen LogP contribution in [-0.2, 0) is 0 Å². The van der Waals surface area contributed by atoms with E-state index in [0.29, 0.717) is 0 Å². The minimum atomic E-state index is 0.744. The van der Waals surface area contributed by atoms with Crippen LogP contribution in [0.5, 0.6) is 11.5 Å². The van der Waals surface area contributed by atoms with Gasteiger partial charge in [0.05, 0.1) is 0 Å². The van der Waals surface area contributed by atoms with Crippen molar-refractivity contribution < 1.29 is 8.85 Å². The summed E-state index contributed by atoms with van der Waals surface area (Å²) >= 11 is 0. The zero-order chi connectivity index (χ0) is 7.40. The first kappa shape index (κ1) is 7.36. The first-order valence-electron chi connectivity index (χ1n) is 3.05. The summed E-state index contributed by atoms with van der Waals surface area (Å²) in [5, 5.41) is 0. The minimum absolute atomic E-state index is 0.744. The standard InChI is InChI=1S/C6H10O2Si2/c9-7-5-1-2-6(8-10)4-3-5/h1-4H,9-10H3. The molecule has 0 aliphatic carbocycles. The molecule has 54 valence electrons. The van der Waals surface area contributed by atoms with E-state index in [1.807, 2.05) is 24.3 Å². The maximum Gasteiger partial charge on any atom is 0.204 e. The molecule has 0 saturated heterocycles. The van der Waals surface area contributed by atoms with E-state index in [4.69, 9.17) is 8.85 Å². The van der Waals surface area contributed by atoms with Crippen molar-refractivity contribution >= 4 is 21.0 Å². The van der Waals surface area contributed by atoms with Gasteiger partial charge in [-0.25, -0.2) is 0 Å². The number of rotatable bonds is 2. The lowest BCUT2D eigenvalue weighted by Crippen LogP contribution is -1.86. The second kappa shape index (κ2) is 3.43. The molecule has 0 spiro atoms. The lowest BCUT2D eigenvalue weighted by molar-refractivity contribution is 0.598. The van der Waals surface area contributed by atoms with Gasteiger partial charge >= 0.3 is 0 Å². The van der Waals surface area contributed by atoms with Gasteiger partial charge in [-0.3, -0.25) is 0 Å². The highest BCUT2D eigenvalue weighted by Gasteiger charge is 1.89. The van der Waals surface area contributed by atoms with Gasteiger partial charge in [-0.1, -0.05) is 0 Å². The molecule has 4 heteroatoms. The van der Waals surface area contributed by atoms with Crippen LogP contribution in [0, 0.1) is 0 Å². The summed E-state index contributed by atoms with van der Waals surface area (Å²) in [6.07, 6.45) is 0.